The van der Waals surface area contributed by atoms with Gasteiger partial charge in [-0.15, -0.1) is 0 Å². The Kier molecular flexibility index (Phi) is 3.66. The van der Waals surface area contributed by atoms with Crippen LogP contribution >= 0.6 is 0 Å². The highest BCUT2D eigenvalue weighted by molar-refractivity contribution is 5.55. The second-order valence-corrected chi connectivity index (χ2v) is 5.01. The lowest BCUT2D eigenvalue weighted by atomic mass is 9.99. The van der Waals surface area contributed by atoms with Gasteiger partial charge in [0.15, 0.2) is 0 Å². The molecule has 0 amide bonds. The van der Waals surface area contributed by atoms with Crippen LogP contribution in [0.1, 0.15) is 29.7 Å². The molecule has 0 radical (unpaired) electrons. The molecular formula is C16H17FN4. The SMILES string of the molecule is CCNC(c1ccc(C)c(F)c1)c1cnn2ccncc12. The van der Waals surface area contributed by atoms with Crippen LogP contribution in [0.5, 0.6) is 0 Å². The molecule has 4 nitrogen and oxygen atoms in total. The summed E-state index contributed by atoms with van der Waals surface area (Å²) in [6.45, 7) is 4.57. The van der Waals surface area contributed by atoms with Crippen molar-refractivity contribution in [2.45, 2.75) is 19.9 Å². The van der Waals surface area contributed by atoms with Gasteiger partial charge in [-0.05, 0) is 30.7 Å². The Labute approximate surface area is 122 Å². The van der Waals surface area contributed by atoms with Gasteiger partial charge in [0.2, 0.25) is 0 Å². The summed E-state index contributed by atoms with van der Waals surface area (Å²) in [7, 11) is 0. The number of rotatable bonds is 4. The van der Waals surface area contributed by atoms with Crippen molar-refractivity contribution < 1.29 is 4.39 Å². The number of hydrogen-bond donors (Lipinski definition) is 1. The standard InChI is InChI=1S/C16H17FN4/c1-3-19-16(12-5-4-11(2)14(17)8-12)13-9-20-21-7-6-18-10-15(13)21/h4-10,16,19H,3H2,1-2H3. The van der Waals surface area contributed by atoms with Gasteiger partial charge >= 0.3 is 0 Å². The maximum absolute atomic E-state index is 13.9. The van der Waals surface area contributed by atoms with Crippen molar-refractivity contribution in [1.82, 2.24) is 19.9 Å². The van der Waals surface area contributed by atoms with Crippen LogP contribution < -0.4 is 5.32 Å². The Morgan fingerprint density at radius 3 is 2.95 bits per heavy atom. The van der Waals surface area contributed by atoms with Gasteiger partial charge in [-0.2, -0.15) is 5.10 Å². The molecule has 0 spiro atoms. The predicted molar refractivity (Wildman–Crippen MR) is 79.6 cm³/mol. The summed E-state index contributed by atoms with van der Waals surface area (Å²) < 4.78 is 15.6. The fourth-order valence-corrected chi connectivity index (χ4v) is 2.48. The van der Waals surface area contributed by atoms with Crippen LogP contribution in [0.2, 0.25) is 0 Å². The van der Waals surface area contributed by atoms with E-state index in [9.17, 15) is 4.39 Å². The third-order valence-corrected chi connectivity index (χ3v) is 3.60. The van der Waals surface area contributed by atoms with Crippen LogP contribution in [0, 0.1) is 12.7 Å². The van der Waals surface area contributed by atoms with Crippen molar-refractivity contribution in [2.75, 3.05) is 6.54 Å². The molecule has 0 saturated heterocycles. The molecular weight excluding hydrogens is 267 g/mol. The summed E-state index contributed by atoms with van der Waals surface area (Å²) in [4.78, 5) is 4.15. The van der Waals surface area contributed by atoms with Crippen molar-refractivity contribution in [3.8, 4) is 0 Å². The van der Waals surface area contributed by atoms with Crippen molar-refractivity contribution in [1.29, 1.82) is 0 Å². The molecule has 3 aromatic rings. The Morgan fingerprint density at radius 2 is 2.19 bits per heavy atom. The van der Waals surface area contributed by atoms with Gasteiger partial charge in [-0.1, -0.05) is 19.1 Å². The van der Waals surface area contributed by atoms with Gasteiger partial charge in [0.05, 0.1) is 24.0 Å². The summed E-state index contributed by atoms with van der Waals surface area (Å²) in [6, 6.07) is 5.24. The Morgan fingerprint density at radius 1 is 1.33 bits per heavy atom. The highest BCUT2D eigenvalue weighted by Gasteiger charge is 2.18. The number of nitrogens with zero attached hydrogens (tertiary/aromatic N) is 3. The van der Waals surface area contributed by atoms with Gasteiger partial charge in [-0.3, -0.25) is 4.98 Å². The second kappa shape index (κ2) is 5.61. The fourth-order valence-electron chi connectivity index (χ4n) is 2.48. The van der Waals surface area contributed by atoms with E-state index in [1.54, 1.807) is 42.2 Å². The minimum Gasteiger partial charge on any atom is -0.306 e. The third-order valence-electron chi connectivity index (χ3n) is 3.60. The molecule has 2 aromatic heterocycles. The van der Waals surface area contributed by atoms with Crippen LogP contribution in [0.15, 0.2) is 43.0 Å². The normalized spacial score (nSPS) is 12.7. The van der Waals surface area contributed by atoms with Crippen LogP contribution in [-0.2, 0) is 0 Å². The largest absolute Gasteiger partial charge is 0.306 e. The molecule has 108 valence electrons. The number of benzene rings is 1. The Bertz CT molecular complexity index is 766. The number of nitrogens with one attached hydrogen (secondary N) is 1. The van der Waals surface area contributed by atoms with Gasteiger partial charge in [-0.25, -0.2) is 8.91 Å². The first kappa shape index (κ1) is 13.7. The van der Waals surface area contributed by atoms with Crippen molar-refractivity contribution >= 4 is 5.52 Å². The maximum Gasteiger partial charge on any atom is 0.126 e. The van der Waals surface area contributed by atoms with E-state index < -0.39 is 0 Å². The number of aryl methyl sites for hydroxylation is 1. The molecule has 1 atom stereocenters. The molecule has 0 aliphatic carbocycles. The first-order valence-corrected chi connectivity index (χ1v) is 6.97. The lowest BCUT2D eigenvalue weighted by Crippen LogP contribution is -2.22. The highest BCUT2D eigenvalue weighted by Crippen LogP contribution is 2.26. The average Bonchev–Trinajstić information content (AvgIpc) is 2.92. The summed E-state index contributed by atoms with van der Waals surface area (Å²) in [5.74, 6) is -0.190. The zero-order chi connectivity index (χ0) is 14.8. The predicted octanol–water partition coefficient (Wildman–Crippen LogP) is 2.88. The van der Waals surface area contributed by atoms with Crippen LogP contribution in [0.25, 0.3) is 5.52 Å². The molecule has 1 aromatic carbocycles. The fraction of sp³-hybridized carbons (Fsp3) is 0.250. The van der Waals surface area contributed by atoms with Crippen LogP contribution in [0.4, 0.5) is 4.39 Å². The molecule has 1 unspecified atom stereocenters. The average molecular weight is 284 g/mol. The van der Waals surface area contributed by atoms with Gasteiger partial charge < -0.3 is 5.32 Å². The lowest BCUT2D eigenvalue weighted by Gasteiger charge is -2.18. The van der Waals surface area contributed by atoms with Crippen molar-refractivity contribution in [2.24, 2.45) is 0 Å². The van der Waals surface area contributed by atoms with E-state index in [1.807, 2.05) is 19.2 Å². The van der Waals surface area contributed by atoms with Gasteiger partial charge in [0.1, 0.15) is 5.82 Å². The van der Waals surface area contributed by atoms with Crippen molar-refractivity contribution in [3.63, 3.8) is 0 Å². The van der Waals surface area contributed by atoms with E-state index in [0.29, 0.717) is 5.56 Å². The molecule has 0 saturated carbocycles. The number of aromatic nitrogens is 3. The molecule has 21 heavy (non-hydrogen) atoms. The minimum absolute atomic E-state index is 0.105. The molecule has 0 aliphatic rings. The number of halogens is 1. The van der Waals surface area contributed by atoms with E-state index >= 15 is 0 Å². The molecule has 1 N–H and O–H groups in total. The van der Waals surface area contributed by atoms with E-state index in [4.69, 9.17) is 0 Å². The summed E-state index contributed by atoms with van der Waals surface area (Å²) in [5.41, 5.74) is 3.45. The summed E-state index contributed by atoms with van der Waals surface area (Å²) in [6.07, 6.45) is 7.08. The van der Waals surface area contributed by atoms with Crippen LogP contribution in [0.3, 0.4) is 0 Å². The molecule has 5 heteroatoms. The monoisotopic (exact) mass is 284 g/mol. The topological polar surface area (TPSA) is 42.2 Å². The van der Waals surface area contributed by atoms with Crippen molar-refractivity contribution in [3.05, 3.63) is 65.5 Å². The third kappa shape index (κ3) is 2.52. The van der Waals surface area contributed by atoms with E-state index in [-0.39, 0.29) is 11.9 Å². The zero-order valence-corrected chi connectivity index (χ0v) is 12.0. The highest BCUT2D eigenvalue weighted by atomic mass is 19.1. The summed E-state index contributed by atoms with van der Waals surface area (Å²) >= 11 is 0. The molecule has 0 aliphatic heterocycles. The smallest absolute Gasteiger partial charge is 0.126 e. The lowest BCUT2D eigenvalue weighted by molar-refractivity contribution is 0.598. The zero-order valence-electron chi connectivity index (χ0n) is 12.0. The van der Waals surface area contributed by atoms with Gasteiger partial charge in [0.25, 0.3) is 0 Å². The molecule has 3 rings (SSSR count). The maximum atomic E-state index is 13.9. The second-order valence-electron chi connectivity index (χ2n) is 5.01. The van der Waals surface area contributed by atoms with Gasteiger partial charge in [0, 0.05) is 18.0 Å². The number of fused-ring (bicyclic) bond motifs is 1. The van der Waals surface area contributed by atoms with E-state index in [0.717, 1.165) is 23.2 Å². The summed E-state index contributed by atoms with van der Waals surface area (Å²) in [5, 5.41) is 7.72. The molecule has 2 heterocycles. The van der Waals surface area contributed by atoms with E-state index in [1.165, 1.54) is 0 Å². The molecule has 0 fully saturated rings. The first-order chi connectivity index (χ1) is 10.2. The van der Waals surface area contributed by atoms with Crippen LogP contribution in [-0.4, -0.2) is 21.1 Å². The Hall–Kier alpha value is -2.27. The number of hydrogen-bond acceptors (Lipinski definition) is 3. The van der Waals surface area contributed by atoms with E-state index in [2.05, 4.69) is 15.4 Å². The Balaban J connectivity index is 2.11. The minimum atomic E-state index is -0.190. The first-order valence-electron chi connectivity index (χ1n) is 6.97. The molecule has 0 bridgehead atoms. The quantitative estimate of drug-likeness (QED) is 0.801.